The zero-order valence-electron chi connectivity index (χ0n) is 15.5. The van der Waals surface area contributed by atoms with Crippen molar-refractivity contribution in [1.82, 2.24) is 4.98 Å². The van der Waals surface area contributed by atoms with Gasteiger partial charge in [-0.05, 0) is 55.8 Å². The van der Waals surface area contributed by atoms with E-state index in [9.17, 15) is 10.1 Å². The van der Waals surface area contributed by atoms with Crippen LogP contribution in [0.3, 0.4) is 0 Å². The number of halogens is 1. The molecule has 7 heteroatoms. The van der Waals surface area contributed by atoms with Gasteiger partial charge < -0.3 is 10.1 Å². The lowest BCUT2D eigenvalue weighted by molar-refractivity contribution is -0.113. The largest absolute Gasteiger partial charge is 0.494 e. The van der Waals surface area contributed by atoms with Crippen molar-refractivity contribution in [2.75, 3.05) is 17.7 Å². The zero-order valence-corrected chi connectivity index (χ0v) is 17.0. The van der Waals surface area contributed by atoms with Crippen LogP contribution in [0.25, 0.3) is 10.9 Å². The molecule has 2 aromatic carbocycles. The van der Waals surface area contributed by atoms with Crippen molar-refractivity contribution in [2.24, 2.45) is 0 Å². The van der Waals surface area contributed by atoms with E-state index in [4.69, 9.17) is 16.3 Å². The van der Waals surface area contributed by atoms with Gasteiger partial charge in [0.25, 0.3) is 0 Å². The van der Waals surface area contributed by atoms with Gasteiger partial charge in [-0.15, -0.1) is 0 Å². The van der Waals surface area contributed by atoms with Crippen molar-refractivity contribution in [3.05, 3.63) is 58.6 Å². The van der Waals surface area contributed by atoms with Crippen molar-refractivity contribution < 1.29 is 9.53 Å². The van der Waals surface area contributed by atoms with Gasteiger partial charge >= 0.3 is 0 Å². The van der Waals surface area contributed by atoms with E-state index in [1.807, 2.05) is 32.0 Å². The first-order chi connectivity index (χ1) is 13.5. The third kappa shape index (κ3) is 4.56. The maximum atomic E-state index is 12.3. The van der Waals surface area contributed by atoms with E-state index in [1.54, 1.807) is 24.3 Å². The second-order valence-corrected chi connectivity index (χ2v) is 7.36. The molecule has 1 amide bonds. The van der Waals surface area contributed by atoms with E-state index < -0.39 is 0 Å². The SMILES string of the molecule is CCOc1ccc2nc(SCC(=O)Nc3cccc(Cl)c3C)c(C#N)cc2c1. The Morgan fingerprint density at radius 1 is 1.32 bits per heavy atom. The van der Waals surface area contributed by atoms with E-state index in [2.05, 4.69) is 16.4 Å². The van der Waals surface area contributed by atoms with Crippen LogP contribution in [0.5, 0.6) is 5.75 Å². The third-order valence-corrected chi connectivity index (χ3v) is 5.47. The molecule has 0 aliphatic heterocycles. The summed E-state index contributed by atoms with van der Waals surface area (Å²) in [7, 11) is 0. The van der Waals surface area contributed by atoms with E-state index >= 15 is 0 Å². The molecule has 0 spiro atoms. The number of aromatic nitrogens is 1. The van der Waals surface area contributed by atoms with Gasteiger partial charge in [0.05, 0.1) is 23.4 Å². The van der Waals surface area contributed by atoms with Crippen LogP contribution in [0.4, 0.5) is 5.69 Å². The minimum atomic E-state index is -0.187. The maximum absolute atomic E-state index is 12.3. The Labute approximate surface area is 172 Å². The van der Waals surface area contributed by atoms with Crippen LogP contribution in [0.2, 0.25) is 5.02 Å². The van der Waals surface area contributed by atoms with Crippen molar-refractivity contribution in [2.45, 2.75) is 18.9 Å². The Bertz CT molecular complexity index is 1080. The molecule has 0 bridgehead atoms. The molecule has 0 aliphatic carbocycles. The Morgan fingerprint density at radius 3 is 2.89 bits per heavy atom. The van der Waals surface area contributed by atoms with E-state index in [0.29, 0.717) is 27.9 Å². The molecule has 3 aromatic rings. The molecule has 3 rings (SSSR count). The van der Waals surface area contributed by atoms with Gasteiger partial charge in [0, 0.05) is 16.1 Å². The Kier molecular flexibility index (Phi) is 6.40. The molecule has 0 fully saturated rings. The number of hydrogen-bond acceptors (Lipinski definition) is 5. The second-order valence-electron chi connectivity index (χ2n) is 5.99. The lowest BCUT2D eigenvalue weighted by Crippen LogP contribution is -2.15. The number of ether oxygens (including phenoxy) is 1. The summed E-state index contributed by atoms with van der Waals surface area (Å²) in [5, 5.41) is 14.3. The Morgan fingerprint density at radius 2 is 2.14 bits per heavy atom. The molecule has 1 aromatic heterocycles. The van der Waals surface area contributed by atoms with Crippen LogP contribution in [0.15, 0.2) is 47.5 Å². The van der Waals surface area contributed by atoms with Crippen LogP contribution in [-0.4, -0.2) is 23.3 Å². The monoisotopic (exact) mass is 411 g/mol. The summed E-state index contributed by atoms with van der Waals surface area (Å²) in [5.74, 6) is 0.682. The molecule has 28 heavy (non-hydrogen) atoms. The lowest BCUT2D eigenvalue weighted by Gasteiger charge is -2.10. The molecular weight excluding hydrogens is 394 g/mol. The molecule has 1 N–H and O–H groups in total. The highest BCUT2D eigenvalue weighted by Gasteiger charge is 2.12. The number of nitrogens with zero attached hydrogens (tertiary/aromatic N) is 2. The number of pyridine rings is 1. The first-order valence-corrected chi connectivity index (χ1v) is 10.0. The van der Waals surface area contributed by atoms with Gasteiger partial charge in [-0.2, -0.15) is 5.26 Å². The fraction of sp³-hybridized carbons (Fsp3) is 0.190. The average Bonchev–Trinajstić information content (AvgIpc) is 2.69. The van der Waals surface area contributed by atoms with Gasteiger partial charge in [-0.25, -0.2) is 4.98 Å². The minimum absolute atomic E-state index is 0.135. The second kappa shape index (κ2) is 8.96. The Balaban J connectivity index is 1.76. The number of hydrogen-bond donors (Lipinski definition) is 1. The number of nitriles is 1. The number of anilines is 1. The molecule has 0 saturated heterocycles. The number of nitrogens with one attached hydrogen (secondary N) is 1. The standard InChI is InChI=1S/C21H18ClN3O2S/c1-3-27-16-7-8-19-14(10-16)9-15(11-23)21(25-19)28-12-20(26)24-18-6-4-5-17(22)13(18)2/h4-10H,3,12H2,1-2H3,(H,24,26). The van der Waals surface area contributed by atoms with E-state index in [0.717, 1.165) is 22.2 Å². The molecule has 5 nitrogen and oxygen atoms in total. The predicted octanol–water partition coefficient (Wildman–Crippen LogP) is 5.20. The van der Waals surface area contributed by atoms with Crippen molar-refractivity contribution in [3.63, 3.8) is 0 Å². The van der Waals surface area contributed by atoms with Crippen molar-refractivity contribution in [1.29, 1.82) is 5.26 Å². The van der Waals surface area contributed by atoms with Gasteiger partial charge in [0.1, 0.15) is 16.8 Å². The first-order valence-electron chi connectivity index (χ1n) is 8.67. The highest BCUT2D eigenvalue weighted by atomic mass is 35.5. The summed E-state index contributed by atoms with van der Waals surface area (Å²) in [6.07, 6.45) is 0. The smallest absolute Gasteiger partial charge is 0.234 e. The maximum Gasteiger partial charge on any atom is 0.234 e. The average molecular weight is 412 g/mol. The summed E-state index contributed by atoms with van der Waals surface area (Å²) < 4.78 is 5.49. The van der Waals surface area contributed by atoms with E-state index in [-0.39, 0.29) is 11.7 Å². The number of fused-ring (bicyclic) bond motifs is 1. The van der Waals surface area contributed by atoms with Crippen LogP contribution in [-0.2, 0) is 4.79 Å². The first kappa shape index (κ1) is 20.0. The normalized spacial score (nSPS) is 10.5. The van der Waals surface area contributed by atoms with Gasteiger partial charge in [0.2, 0.25) is 5.91 Å². The van der Waals surface area contributed by atoms with Gasteiger partial charge in [0.15, 0.2) is 0 Å². The zero-order chi connectivity index (χ0) is 20.1. The number of carbonyl (C=O) groups excluding carboxylic acids is 1. The molecule has 1 heterocycles. The fourth-order valence-electron chi connectivity index (χ4n) is 2.65. The molecule has 0 saturated carbocycles. The quantitative estimate of drug-likeness (QED) is 0.564. The van der Waals surface area contributed by atoms with Crippen LogP contribution < -0.4 is 10.1 Å². The highest BCUT2D eigenvalue weighted by Crippen LogP contribution is 2.28. The molecule has 142 valence electrons. The molecule has 0 radical (unpaired) electrons. The fourth-order valence-corrected chi connectivity index (χ4v) is 3.58. The lowest BCUT2D eigenvalue weighted by atomic mass is 10.1. The molecule has 0 aliphatic rings. The highest BCUT2D eigenvalue weighted by molar-refractivity contribution is 8.00. The number of thioether (sulfide) groups is 1. The van der Waals surface area contributed by atoms with Crippen LogP contribution in [0, 0.1) is 18.3 Å². The topological polar surface area (TPSA) is 75.0 Å². The summed E-state index contributed by atoms with van der Waals surface area (Å²) in [4.78, 5) is 16.9. The predicted molar refractivity (Wildman–Crippen MR) is 113 cm³/mol. The van der Waals surface area contributed by atoms with Crippen LogP contribution in [0.1, 0.15) is 18.1 Å². The minimum Gasteiger partial charge on any atom is -0.494 e. The number of carbonyl (C=O) groups is 1. The summed E-state index contributed by atoms with van der Waals surface area (Å²) in [6, 6.07) is 14.8. The van der Waals surface area contributed by atoms with E-state index in [1.165, 1.54) is 11.8 Å². The van der Waals surface area contributed by atoms with Crippen molar-refractivity contribution in [3.8, 4) is 11.8 Å². The van der Waals surface area contributed by atoms with Crippen LogP contribution >= 0.6 is 23.4 Å². The molecular formula is C21H18ClN3O2S. The number of amides is 1. The molecule has 0 unspecified atom stereocenters. The summed E-state index contributed by atoms with van der Waals surface area (Å²) in [5.41, 5.74) is 2.66. The summed E-state index contributed by atoms with van der Waals surface area (Å²) in [6.45, 7) is 4.33. The summed E-state index contributed by atoms with van der Waals surface area (Å²) >= 11 is 7.31. The number of benzene rings is 2. The number of rotatable bonds is 6. The Hall–Kier alpha value is -2.75. The van der Waals surface area contributed by atoms with Gasteiger partial charge in [-0.1, -0.05) is 29.4 Å². The van der Waals surface area contributed by atoms with Crippen molar-refractivity contribution >= 4 is 45.9 Å². The third-order valence-electron chi connectivity index (χ3n) is 4.06. The molecule has 0 atom stereocenters. The van der Waals surface area contributed by atoms with Gasteiger partial charge in [-0.3, -0.25) is 4.79 Å².